The van der Waals surface area contributed by atoms with Gasteiger partial charge in [0.1, 0.15) is 6.04 Å². The molecule has 0 radical (unpaired) electrons. The number of urea groups is 1. The van der Waals surface area contributed by atoms with Gasteiger partial charge in [0.15, 0.2) is 0 Å². The molecule has 0 aliphatic carbocycles. The van der Waals surface area contributed by atoms with Gasteiger partial charge in [-0.15, -0.1) is 0 Å². The number of nitrogens with zero attached hydrogens (tertiary/aromatic N) is 1. The summed E-state index contributed by atoms with van der Waals surface area (Å²) in [5.74, 6) is -1.33. The van der Waals surface area contributed by atoms with Crippen LogP contribution < -0.4 is 5.32 Å². The summed E-state index contributed by atoms with van der Waals surface area (Å²) in [6.07, 6.45) is -2.86. The van der Waals surface area contributed by atoms with E-state index in [2.05, 4.69) is 0 Å². The van der Waals surface area contributed by atoms with Crippen molar-refractivity contribution in [2.24, 2.45) is 0 Å². The molecule has 0 aromatic heterocycles. The zero-order valence-electron chi connectivity index (χ0n) is 8.69. The zero-order chi connectivity index (χ0) is 12.7. The van der Waals surface area contributed by atoms with Crippen molar-refractivity contribution in [3.05, 3.63) is 0 Å². The Labute approximate surface area is 90.8 Å². The summed E-state index contributed by atoms with van der Waals surface area (Å²) >= 11 is 0. The van der Waals surface area contributed by atoms with Gasteiger partial charge in [0.05, 0.1) is 6.54 Å². The summed E-state index contributed by atoms with van der Waals surface area (Å²) in [5, 5.41) is 19.2. The number of alkyl halides is 2. The van der Waals surface area contributed by atoms with E-state index in [1.807, 2.05) is 5.32 Å². The van der Waals surface area contributed by atoms with Crippen molar-refractivity contribution in [1.82, 2.24) is 10.2 Å². The first-order valence-electron chi connectivity index (χ1n) is 4.52. The van der Waals surface area contributed by atoms with E-state index < -0.39 is 37.6 Å². The van der Waals surface area contributed by atoms with Gasteiger partial charge in [-0.1, -0.05) is 0 Å². The number of aliphatic hydroxyl groups is 1. The fourth-order valence-corrected chi connectivity index (χ4v) is 0.936. The van der Waals surface area contributed by atoms with Gasteiger partial charge in [-0.2, -0.15) is 0 Å². The van der Waals surface area contributed by atoms with Crippen LogP contribution >= 0.6 is 0 Å². The smallest absolute Gasteiger partial charge is 0.326 e. The van der Waals surface area contributed by atoms with Gasteiger partial charge in [0, 0.05) is 20.1 Å². The molecule has 0 aromatic rings. The number of halogens is 2. The molecule has 2 amide bonds. The molecule has 0 bridgehead atoms. The van der Waals surface area contributed by atoms with Gasteiger partial charge in [-0.05, 0) is 0 Å². The second-order valence-electron chi connectivity index (χ2n) is 3.12. The van der Waals surface area contributed by atoms with Crippen LogP contribution in [-0.2, 0) is 4.79 Å². The van der Waals surface area contributed by atoms with Crippen LogP contribution in [-0.4, -0.2) is 59.8 Å². The number of carbonyl (C=O) groups is 2. The molecule has 0 aromatic carbocycles. The van der Waals surface area contributed by atoms with Crippen molar-refractivity contribution in [2.75, 3.05) is 20.2 Å². The molecule has 0 saturated heterocycles. The lowest BCUT2D eigenvalue weighted by molar-refractivity contribution is -0.139. The predicted octanol–water partition coefficient (Wildman–Crippen LogP) is -0.272. The van der Waals surface area contributed by atoms with E-state index in [1.54, 1.807) is 0 Å². The quantitative estimate of drug-likeness (QED) is 0.596. The fraction of sp³-hybridized carbons (Fsp3) is 0.750. The molecule has 0 saturated carbocycles. The molecule has 0 spiro atoms. The van der Waals surface area contributed by atoms with Crippen LogP contribution in [0.5, 0.6) is 0 Å². The van der Waals surface area contributed by atoms with Crippen molar-refractivity contribution in [3.63, 3.8) is 0 Å². The highest BCUT2D eigenvalue weighted by molar-refractivity contribution is 5.82. The van der Waals surface area contributed by atoms with E-state index in [1.165, 1.54) is 0 Å². The Morgan fingerprint density at radius 1 is 1.44 bits per heavy atom. The SMILES string of the molecule is CN(CC(F)F)C(=O)N[C@H](CCO)C(=O)O. The Balaban J connectivity index is 4.23. The maximum absolute atomic E-state index is 11.9. The van der Waals surface area contributed by atoms with Crippen molar-refractivity contribution in [3.8, 4) is 0 Å². The van der Waals surface area contributed by atoms with E-state index >= 15 is 0 Å². The van der Waals surface area contributed by atoms with Crippen molar-refractivity contribution >= 4 is 12.0 Å². The number of aliphatic hydroxyl groups excluding tert-OH is 1. The minimum Gasteiger partial charge on any atom is -0.480 e. The number of hydrogen-bond donors (Lipinski definition) is 3. The van der Waals surface area contributed by atoms with Crippen LogP contribution in [0.1, 0.15) is 6.42 Å². The Kier molecular flexibility index (Phi) is 6.31. The molecule has 94 valence electrons. The van der Waals surface area contributed by atoms with Crippen LogP contribution in [0.3, 0.4) is 0 Å². The number of hydrogen-bond acceptors (Lipinski definition) is 3. The highest BCUT2D eigenvalue weighted by Gasteiger charge is 2.22. The average molecular weight is 240 g/mol. The van der Waals surface area contributed by atoms with E-state index in [0.717, 1.165) is 7.05 Å². The van der Waals surface area contributed by atoms with Gasteiger partial charge in [-0.3, -0.25) is 0 Å². The molecule has 3 N–H and O–H groups in total. The number of rotatable bonds is 6. The molecule has 0 unspecified atom stereocenters. The van der Waals surface area contributed by atoms with Crippen molar-refractivity contribution in [2.45, 2.75) is 18.9 Å². The monoisotopic (exact) mass is 240 g/mol. The first-order valence-corrected chi connectivity index (χ1v) is 4.52. The van der Waals surface area contributed by atoms with Crippen molar-refractivity contribution in [1.29, 1.82) is 0 Å². The summed E-state index contributed by atoms with van der Waals surface area (Å²) < 4.78 is 23.8. The highest BCUT2D eigenvalue weighted by atomic mass is 19.3. The number of nitrogens with one attached hydrogen (secondary N) is 1. The minimum absolute atomic E-state index is 0.177. The number of carbonyl (C=O) groups excluding carboxylic acids is 1. The zero-order valence-corrected chi connectivity index (χ0v) is 8.69. The summed E-state index contributed by atoms with van der Waals surface area (Å²) in [4.78, 5) is 22.5. The lowest BCUT2D eigenvalue weighted by atomic mass is 10.2. The lowest BCUT2D eigenvalue weighted by Crippen LogP contribution is -2.48. The number of amides is 2. The third-order valence-corrected chi connectivity index (χ3v) is 1.77. The summed E-state index contributed by atoms with van der Waals surface area (Å²) in [7, 11) is 1.12. The fourth-order valence-electron chi connectivity index (χ4n) is 0.936. The molecule has 16 heavy (non-hydrogen) atoms. The van der Waals surface area contributed by atoms with Gasteiger partial charge >= 0.3 is 12.0 Å². The normalized spacial score (nSPS) is 12.3. The molecule has 0 heterocycles. The first kappa shape index (κ1) is 14.6. The average Bonchev–Trinajstić information content (AvgIpc) is 2.15. The Hall–Kier alpha value is -1.44. The molecule has 0 rings (SSSR count). The maximum Gasteiger partial charge on any atom is 0.326 e. The Morgan fingerprint density at radius 2 is 2.00 bits per heavy atom. The first-order chi connectivity index (χ1) is 7.38. The van der Waals surface area contributed by atoms with Crippen LogP contribution in [0.15, 0.2) is 0 Å². The summed E-state index contributed by atoms with van der Waals surface area (Å²) in [5.41, 5.74) is 0. The third kappa shape index (κ3) is 5.44. The van der Waals surface area contributed by atoms with E-state index in [4.69, 9.17) is 10.2 Å². The maximum atomic E-state index is 11.9. The second kappa shape index (κ2) is 6.94. The molecule has 0 aliphatic heterocycles. The standard InChI is InChI=1S/C8H14F2N2O4/c1-12(4-6(9)10)8(16)11-5(2-3-13)7(14)15/h5-6,13H,2-4H2,1H3,(H,11,16)(H,14,15)/t5-/m1/s1. The van der Waals surface area contributed by atoms with Crippen LogP contribution in [0, 0.1) is 0 Å². The predicted molar refractivity (Wildman–Crippen MR) is 50.3 cm³/mol. The minimum atomic E-state index is -2.68. The number of aliphatic carboxylic acids is 1. The van der Waals surface area contributed by atoms with Gasteiger partial charge < -0.3 is 20.4 Å². The third-order valence-electron chi connectivity index (χ3n) is 1.77. The molecule has 0 fully saturated rings. The number of carboxylic acids is 1. The summed E-state index contributed by atoms with van der Waals surface area (Å²) in [6.45, 7) is -1.20. The molecule has 0 aliphatic rings. The number of carboxylic acid groups (broad SMARTS) is 1. The summed E-state index contributed by atoms with van der Waals surface area (Å²) in [6, 6.07) is -2.20. The van der Waals surface area contributed by atoms with Gasteiger partial charge in [0.2, 0.25) is 0 Å². The molecule has 1 atom stereocenters. The molecular weight excluding hydrogens is 226 g/mol. The van der Waals surface area contributed by atoms with Crippen LogP contribution in [0.2, 0.25) is 0 Å². The van der Waals surface area contributed by atoms with Gasteiger partial charge in [0.25, 0.3) is 6.43 Å². The molecule has 8 heteroatoms. The van der Waals surface area contributed by atoms with Gasteiger partial charge in [-0.25, -0.2) is 18.4 Å². The van der Waals surface area contributed by atoms with Crippen molar-refractivity contribution < 1.29 is 28.6 Å². The van der Waals surface area contributed by atoms with Crippen LogP contribution in [0.25, 0.3) is 0 Å². The molecule has 6 nitrogen and oxygen atoms in total. The van der Waals surface area contributed by atoms with E-state index in [-0.39, 0.29) is 6.42 Å². The van der Waals surface area contributed by atoms with Crippen LogP contribution in [0.4, 0.5) is 13.6 Å². The Morgan fingerprint density at radius 3 is 2.38 bits per heavy atom. The lowest BCUT2D eigenvalue weighted by Gasteiger charge is -2.20. The highest BCUT2D eigenvalue weighted by Crippen LogP contribution is 1.98. The Bertz CT molecular complexity index is 250. The largest absolute Gasteiger partial charge is 0.480 e. The van der Waals surface area contributed by atoms with E-state index in [9.17, 15) is 18.4 Å². The van der Waals surface area contributed by atoms with E-state index in [0.29, 0.717) is 4.90 Å². The topological polar surface area (TPSA) is 89.9 Å². The molecular formula is C8H14F2N2O4. The second-order valence-corrected chi connectivity index (χ2v) is 3.12.